The smallest absolute Gasteiger partial charge is 0.221 e. The van der Waals surface area contributed by atoms with E-state index in [1.54, 1.807) is 0 Å². The van der Waals surface area contributed by atoms with Crippen molar-refractivity contribution in [1.29, 1.82) is 0 Å². The van der Waals surface area contributed by atoms with Gasteiger partial charge in [0.15, 0.2) is 0 Å². The van der Waals surface area contributed by atoms with Crippen molar-refractivity contribution in [1.82, 2.24) is 5.32 Å². The molecule has 4 heteroatoms. The first-order valence-electron chi connectivity index (χ1n) is 6.85. The summed E-state index contributed by atoms with van der Waals surface area (Å²) < 4.78 is 0. The Labute approximate surface area is 120 Å². The molecule has 0 bridgehead atoms. The number of hydrogen-bond donors (Lipinski definition) is 2. The number of carbonyl (C=O) groups is 1. The summed E-state index contributed by atoms with van der Waals surface area (Å²) in [7, 11) is 0. The lowest BCUT2D eigenvalue weighted by Gasteiger charge is -2.11. The summed E-state index contributed by atoms with van der Waals surface area (Å²) in [5.41, 5.74) is 0.859. The number of anilines is 1. The Hall–Kier alpha value is -1.00. The van der Waals surface area contributed by atoms with Gasteiger partial charge in [0.05, 0.1) is 0 Å². The molecule has 3 nitrogen and oxygen atoms in total. The fourth-order valence-corrected chi connectivity index (χ4v) is 2.74. The van der Waals surface area contributed by atoms with E-state index in [1.807, 2.05) is 23.9 Å². The highest BCUT2D eigenvalue weighted by Gasteiger charge is 2.00. The summed E-state index contributed by atoms with van der Waals surface area (Å²) in [5, 5.41) is 6.19. The number of carbonyl (C=O) groups excluding carboxylic acids is 1. The molecular formula is C15H24N2OS. The van der Waals surface area contributed by atoms with E-state index in [-0.39, 0.29) is 5.91 Å². The molecule has 1 amide bonds. The van der Waals surface area contributed by atoms with Gasteiger partial charge in [-0.25, -0.2) is 0 Å². The normalized spacial score (nSPS) is 12.2. The minimum absolute atomic E-state index is 0.0298. The molecule has 0 heterocycles. The van der Waals surface area contributed by atoms with Crippen molar-refractivity contribution in [3.05, 3.63) is 24.3 Å². The van der Waals surface area contributed by atoms with Gasteiger partial charge in [0, 0.05) is 23.5 Å². The highest BCUT2D eigenvalue weighted by atomic mass is 32.2. The second-order valence-corrected chi connectivity index (χ2v) is 5.82. The highest BCUT2D eigenvalue weighted by Crippen LogP contribution is 2.21. The lowest BCUT2D eigenvalue weighted by molar-refractivity contribution is -0.114. The van der Waals surface area contributed by atoms with Gasteiger partial charge in [0.1, 0.15) is 0 Å². The van der Waals surface area contributed by atoms with E-state index in [0.717, 1.165) is 18.0 Å². The van der Waals surface area contributed by atoms with E-state index in [1.165, 1.54) is 24.7 Å². The second kappa shape index (κ2) is 8.99. The molecule has 0 spiro atoms. The first kappa shape index (κ1) is 16.1. The number of thioether (sulfide) groups is 1. The van der Waals surface area contributed by atoms with E-state index < -0.39 is 0 Å². The Balaban J connectivity index is 2.24. The zero-order valence-electron chi connectivity index (χ0n) is 12.0. The number of benzene rings is 1. The van der Waals surface area contributed by atoms with Crippen molar-refractivity contribution in [2.45, 2.75) is 44.6 Å². The maximum Gasteiger partial charge on any atom is 0.221 e. The van der Waals surface area contributed by atoms with Gasteiger partial charge in [-0.1, -0.05) is 6.92 Å². The molecule has 0 saturated carbocycles. The van der Waals surface area contributed by atoms with Crippen LogP contribution in [0.5, 0.6) is 0 Å². The van der Waals surface area contributed by atoms with Crippen LogP contribution in [0.25, 0.3) is 0 Å². The van der Waals surface area contributed by atoms with Crippen LogP contribution in [0, 0.1) is 0 Å². The standard InChI is InChI=1S/C15H24N2OS/c1-4-16-12(2)6-5-11-19-15-9-7-14(8-10-15)17-13(3)18/h7-10,12,16H,4-6,11H2,1-3H3,(H,17,18). The predicted octanol–water partition coefficient (Wildman–Crippen LogP) is 3.52. The molecule has 2 N–H and O–H groups in total. The van der Waals surface area contributed by atoms with E-state index in [4.69, 9.17) is 0 Å². The summed E-state index contributed by atoms with van der Waals surface area (Å²) in [6, 6.07) is 8.62. The molecule has 1 aromatic carbocycles. The molecule has 106 valence electrons. The van der Waals surface area contributed by atoms with Gasteiger partial charge in [0.25, 0.3) is 0 Å². The topological polar surface area (TPSA) is 41.1 Å². The van der Waals surface area contributed by atoms with E-state index in [2.05, 4.69) is 36.6 Å². The predicted molar refractivity (Wildman–Crippen MR) is 83.8 cm³/mol. The molecule has 0 radical (unpaired) electrons. The number of rotatable bonds is 8. The summed E-state index contributed by atoms with van der Waals surface area (Å²) in [6.07, 6.45) is 2.43. The Morgan fingerprint density at radius 3 is 2.58 bits per heavy atom. The van der Waals surface area contributed by atoms with Gasteiger partial charge in [0.2, 0.25) is 5.91 Å². The van der Waals surface area contributed by atoms with Gasteiger partial charge in [-0.2, -0.15) is 0 Å². The Morgan fingerprint density at radius 2 is 2.00 bits per heavy atom. The Morgan fingerprint density at radius 1 is 1.32 bits per heavy atom. The van der Waals surface area contributed by atoms with Crippen LogP contribution in [0.4, 0.5) is 5.69 Å². The molecule has 0 aliphatic carbocycles. The zero-order valence-corrected chi connectivity index (χ0v) is 12.8. The van der Waals surface area contributed by atoms with Gasteiger partial charge in [-0.3, -0.25) is 4.79 Å². The lowest BCUT2D eigenvalue weighted by atomic mass is 10.2. The van der Waals surface area contributed by atoms with Crippen LogP contribution in [0.3, 0.4) is 0 Å². The molecule has 1 unspecified atom stereocenters. The van der Waals surface area contributed by atoms with Crippen LogP contribution in [0.1, 0.15) is 33.6 Å². The van der Waals surface area contributed by atoms with E-state index >= 15 is 0 Å². The van der Waals surface area contributed by atoms with Gasteiger partial charge < -0.3 is 10.6 Å². The number of amides is 1. The van der Waals surface area contributed by atoms with Crippen molar-refractivity contribution in [3.63, 3.8) is 0 Å². The quantitative estimate of drug-likeness (QED) is 0.565. The van der Waals surface area contributed by atoms with Crippen molar-refractivity contribution in [3.8, 4) is 0 Å². The number of nitrogens with one attached hydrogen (secondary N) is 2. The van der Waals surface area contributed by atoms with E-state index in [9.17, 15) is 4.79 Å². The van der Waals surface area contributed by atoms with Crippen LogP contribution >= 0.6 is 11.8 Å². The number of hydrogen-bond acceptors (Lipinski definition) is 3. The van der Waals surface area contributed by atoms with Crippen molar-refractivity contribution < 1.29 is 4.79 Å². The summed E-state index contributed by atoms with van der Waals surface area (Å²) in [5.74, 6) is 1.10. The summed E-state index contributed by atoms with van der Waals surface area (Å²) in [4.78, 5) is 12.2. The third-order valence-electron chi connectivity index (χ3n) is 2.78. The average Bonchev–Trinajstić information content (AvgIpc) is 2.36. The van der Waals surface area contributed by atoms with Crippen molar-refractivity contribution in [2.24, 2.45) is 0 Å². The van der Waals surface area contributed by atoms with Crippen LogP contribution < -0.4 is 10.6 Å². The maximum absolute atomic E-state index is 10.9. The molecule has 0 aromatic heterocycles. The largest absolute Gasteiger partial charge is 0.326 e. The fourth-order valence-electron chi connectivity index (χ4n) is 1.87. The summed E-state index contributed by atoms with van der Waals surface area (Å²) in [6.45, 7) is 6.94. The Kier molecular flexibility index (Phi) is 7.60. The zero-order chi connectivity index (χ0) is 14.1. The third-order valence-corrected chi connectivity index (χ3v) is 3.88. The third kappa shape index (κ3) is 7.23. The van der Waals surface area contributed by atoms with Crippen LogP contribution in [0.2, 0.25) is 0 Å². The van der Waals surface area contributed by atoms with Gasteiger partial charge >= 0.3 is 0 Å². The van der Waals surface area contributed by atoms with Crippen LogP contribution in [-0.4, -0.2) is 24.2 Å². The van der Waals surface area contributed by atoms with Gasteiger partial charge in [-0.05, 0) is 56.3 Å². The molecule has 19 heavy (non-hydrogen) atoms. The van der Waals surface area contributed by atoms with Gasteiger partial charge in [-0.15, -0.1) is 11.8 Å². The van der Waals surface area contributed by atoms with E-state index in [0.29, 0.717) is 6.04 Å². The first-order valence-corrected chi connectivity index (χ1v) is 7.84. The summed E-state index contributed by atoms with van der Waals surface area (Å²) >= 11 is 1.87. The maximum atomic E-state index is 10.9. The molecule has 1 atom stereocenters. The monoisotopic (exact) mass is 280 g/mol. The van der Waals surface area contributed by atoms with Crippen molar-refractivity contribution >= 4 is 23.4 Å². The highest BCUT2D eigenvalue weighted by molar-refractivity contribution is 7.99. The van der Waals surface area contributed by atoms with Crippen LogP contribution in [-0.2, 0) is 4.79 Å². The molecule has 0 saturated heterocycles. The SMILES string of the molecule is CCNC(C)CCCSc1ccc(NC(C)=O)cc1. The second-order valence-electron chi connectivity index (χ2n) is 4.65. The Bertz CT molecular complexity index is 378. The molecule has 0 aliphatic heterocycles. The molecule has 0 fully saturated rings. The molecular weight excluding hydrogens is 256 g/mol. The molecule has 1 aromatic rings. The van der Waals surface area contributed by atoms with Crippen molar-refractivity contribution in [2.75, 3.05) is 17.6 Å². The average molecular weight is 280 g/mol. The lowest BCUT2D eigenvalue weighted by Crippen LogP contribution is -2.25. The minimum Gasteiger partial charge on any atom is -0.326 e. The minimum atomic E-state index is -0.0298. The molecule has 0 aliphatic rings. The molecule has 1 rings (SSSR count). The fraction of sp³-hybridized carbons (Fsp3) is 0.533. The first-order chi connectivity index (χ1) is 9.11. The van der Waals surface area contributed by atoms with Crippen LogP contribution in [0.15, 0.2) is 29.2 Å².